The highest BCUT2D eigenvalue weighted by Gasteiger charge is 1.98. The molecule has 0 aliphatic carbocycles. The normalized spacial score (nSPS) is 11.4. The molecule has 0 saturated heterocycles. The van der Waals surface area contributed by atoms with Crippen LogP contribution in [0.5, 0.6) is 0 Å². The van der Waals surface area contributed by atoms with E-state index in [-0.39, 0.29) is 0 Å². The van der Waals surface area contributed by atoms with Crippen molar-refractivity contribution in [2.45, 2.75) is 46.0 Å². The number of urea groups is 1. The van der Waals surface area contributed by atoms with Gasteiger partial charge in [-0.3, -0.25) is 0 Å². The Hall–Kier alpha value is -1.06. The van der Waals surface area contributed by atoms with Crippen LogP contribution < -0.4 is 11.2 Å². The molecular formula is C9H19N3O. The van der Waals surface area contributed by atoms with E-state index < -0.39 is 6.03 Å². The molecular weight excluding hydrogens is 166 g/mol. The lowest BCUT2D eigenvalue weighted by molar-refractivity contribution is 0.249. The zero-order valence-electron chi connectivity index (χ0n) is 8.47. The smallest absolute Gasteiger partial charge is 0.332 e. The predicted octanol–water partition coefficient (Wildman–Crippen LogP) is 2.00. The lowest BCUT2D eigenvalue weighted by atomic mass is 10.1. The molecule has 0 fully saturated rings. The number of nitrogens with one attached hydrogen (secondary N) is 1. The van der Waals surface area contributed by atoms with E-state index in [2.05, 4.69) is 24.4 Å². The summed E-state index contributed by atoms with van der Waals surface area (Å²) in [6.07, 6.45) is 5.17. The molecule has 76 valence electrons. The van der Waals surface area contributed by atoms with E-state index in [9.17, 15) is 4.79 Å². The summed E-state index contributed by atoms with van der Waals surface area (Å²) in [7, 11) is 0. The molecule has 0 bridgehead atoms. The first-order valence-electron chi connectivity index (χ1n) is 4.81. The van der Waals surface area contributed by atoms with Gasteiger partial charge in [0.2, 0.25) is 0 Å². The van der Waals surface area contributed by atoms with Crippen LogP contribution in [0.15, 0.2) is 5.10 Å². The van der Waals surface area contributed by atoms with Gasteiger partial charge in [0.15, 0.2) is 0 Å². The Morgan fingerprint density at radius 1 is 1.31 bits per heavy atom. The van der Waals surface area contributed by atoms with Gasteiger partial charge in [-0.15, -0.1) is 0 Å². The molecule has 4 heteroatoms. The zero-order valence-corrected chi connectivity index (χ0v) is 8.47. The molecule has 3 N–H and O–H groups in total. The van der Waals surface area contributed by atoms with Gasteiger partial charge in [-0.1, -0.05) is 26.7 Å². The highest BCUT2D eigenvalue weighted by molar-refractivity contribution is 5.85. The van der Waals surface area contributed by atoms with E-state index >= 15 is 0 Å². The van der Waals surface area contributed by atoms with Gasteiger partial charge in [0.25, 0.3) is 0 Å². The van der Waals surface area contributed by atoms with Crippen molar-refractivity contribution in [1.82, 2.24) is 5.43 Å². The van der Waals surface area contributed by atoms with Gasteiger partial charge in [-0.25, -0.2) is 10.2 Å². The Kier molecular flexibility index (Phi) is 6.96. The Balaban J connectivity index is 3.90. The third-order valence-corrected chi connectivity index (χ3v) is 1.68. The number of carbonyl (C=O) groups is 1. The van der Waals surface area contributed by atoms with E-state index in [0.29, 0.717) is 0 Å². The third kappa shape index (κ3) is 7.31. The summed E-state index contributed by atoms with van der Waals surface area (Å²) >= 11 is 0. The maximum Gasteiger partial charge on any atom is 0.332 e. The number of primary amides is 1. The summed E-state index contributed by atoms with van der Waals surface area (Å²) in [6, 6.07) is -0.592. The highest BCUT2D eigenvalue weighted by atomic mass is 16.2. The predicted molar refractivity (Wildman–Crippen MR) is 54.6 cm³/mol. The summed E-state index contributed by atoms with van der Waals surface area (Å²) < 4.78 is 0. The summed E-state index contributed by atoms with van der Waals surface area (Å²) in [5.74, 6) is 0. The SMILES string of the molecule is CCCC/C(CCC)=N/NC(N)=O. The average Bonchev–Trinajstić information content (AvgIpc) is 2.09. The summed E-state index contributed by atoms with van der Waals surface area (Å²) in [5.41, 5.74) is 8.21. The van der Waals surface area contributed by atoms with Crippen LogP contribution in [0.3, 0.4) is 0 Å². The zero-order chi connectivity index (χ0) is 10.1. The standard InChI is InChI=1S/C9H19N3O/c1-3-5-7-8(6-4-2)11-12-9(10)13/h3-7H2,1-2H3,(H3,10,12,13)/b11-8+. The number of nitrogens with two attached hydrogens (primary N) is 1. The molecule has 0 aliphatic heterocycles. The van der Waals surface area contributed by atoms with Gasteiger partial charge in [-0.05, 0) is 19.3 Å². The second-order valence-electron chi connectivity index (χ2n) is 3.01. The fourth-order valence-corrected chi connectivity index (χ4v) is 1.04. The monoisotopic (exact) mass is 185 g/mol. The molecule has 2 amide bonds. The third-order valence-electron chi connectivity index (χ3n) is 1.68. The average molecular weight is 185 g/mol. The Morgan fingerprint density at radius 2 is 2.00 bits per heavy atom. The Morgan fingerprint density at radius 3 is 2.46 bits per heavy atom. The molecule has 0 aromatic rings. The molecule has 4 nitrogen and oxygen atoms in total. The van der Waals surface area contributed by atoms with Crippen LogP contribution in [0.2, 0.25) is 0 Å². The fourth-order valence-electron chi connectivity index (χ4n) is 1.04. The molecule has 0 rings (SSSR count). The lowest BCUT2D eigenvalue weighted by Crippen LogP contribution is -2.25. The van der Waals surface area contributed by atoms with Crippen LogP contribution >= 0.6 is 0 Å². The lowest BCUT2D eigenvalue weighted by Gasteiger charge is -2.03. The van der Waals surface area contributed by atoms with E-state index in [1.54, 1.807) is 0 Å². The molecule has 0 aromatic heterocycles. The molecule has 13 heavy (non-hydrogen) atoms. The summed E-state index contributed by atoms with van der Waals surface area (Å²) in [5, 5.41) is 3.94. The number of carbonyl (C=O) groups excluding carboxylic acids is 1. The number of hydrogen-bond donors (Lipinski definition) is 2. The fraction of sp³-hybridized carbons (Fsp3) is 0.778. The largest absolute Gasteiger partial charge is 0.350 e. The van der Waals surface area contributed by atoms with Crippen LogP contribution in [0.25, 0.3) is 0 Å². The van der Waals surface area contributed by atoms with Crippen molar-refractivity contribution in [3.8, 4) is 0 Å². The van der Waals surface area contributed by atoms with Gasteiger partial charge in [0, 0.05) is 5.71 Å². The topological polar surface area (TPSA) is 67.5 Å². The van der Waals surface area contributed by atoms with Crippen LogP contribution in [0.4, 0.5) is 4.79 Å². The number of amides is 2. The number of rotatable bonds is 6. The molecule has 0 aliphatic rings. The number of unbranched alkanes of at least 4 members (excludes halogenated alkanes) is 1. The number of hydrazone groups is 1. The first kappa shape index (κ1) is 11.9. The quantitative estimate of drug-likeness (QED) is 0.482. The maximum atomic E-state index is 10.4. The van der Waals surface area contributed by atoms with Gasteiger partial charge < -0.3 is 5.73 Å². The highest BCUT2D eigenvalue weighted by Crippen LogP contribution is 2.02. The molecule has 0 aromatic carbocycles. The van der Waals surface area contributed by atoms with E-state index in [1.165, 1.54) is 0 Å². The molecule has 0 saturated carbocycles. The van der Waals surface area contributed by atoms with Gasteiger partial charge in [0.05, 0.1) is 0 Å². The Labute approximate surface area is 79.6 Å². The Bertz CT molecular complexity index is 178. The molecule has 0 radical (unpaired) electrons. The maximum absolute atomic E-state index is 10.4. The first-order chi connectivity index (χ1) is 6.20. The van der Waals surface area contributed by atoms with Crippen molar-refractivity contribution < 1.29 is 4.79 Å². The van der Waals surface area contributed by atoms with Gasteiger partial charge in [0.1, 0.15) is 0 Å². The van der Waals surface area contributed by atoms with E-state index in [4.69, 9.17) is 5.73 Å². The van der Waals surface area contributed by atoms with Crippen molar-refractivity contribution in [3.05, 3.63) is 0 Å². The number of nitrogens with zero attached hydrogens (tertiary/aromatic N) is 1. The first-order valence-corrected chi connectivity index (χ1v) is 4.81. The second-order valence-corrected chi connectivity index (χ2v) is 3.01. The molecule has 0 unspecified atom stereocenters. The van der Waals surface area contributed by atoms with Crippen molar-refractivity contribution >= 4 is 11.7 Å². The molecule has 0 atom stereocenters. The van der Waals surface area contributed by atoms with E-state index in [0.717, 1.165) is 37.8 Å². The molecule has 0 heterocycles. The second kappa shape index (κ2) is 7.58. The van der Waals surface area contributed by atoms with Gasteiger partial charge >= 0.3 is 6.03 Å². The van der Waals surface area contributed by atoms with Crippen LogP contribution in [-0.2, 0) is 0 Å². The summed E-state index contributed by atoms with van der Waals surface area (Å²) in [4.78, 5) is 10.4. The minimum absolute atomic E-state index is 0.592. The van der Waals surface area contributed by atoms with Crippen molar-refractivity contribution in [2.24, 2.45) is 10.8 Å². The number of hydrogen-bond acceptors (Lipinski definition) is 2. The minimum Gasteiger partial charge on any atom is -0.350 e. The van der Waals surface area contributed by atoms with Crippen LogP contribution in [-0.4, -0.2) is 11.7 Å². The van der Waals surface area contributed by atoms with Crippen LogP contribution in [0.1, 0.15) is 46.0 Å². The van der Waals surface area contributed by atoms with Crippen molar-refractivity contribution in [3.63, 3.8) is 0 Å². The minimum atomic E-state index is -0.592. The summed E-state index contributed by atoms with van der Waals surface area (Å²) in [6.45, 7) is 4.22. The van der Waals surface area contributed by atoms with Crippen molar-refractivity contribution in [2.75, 3.05) is 0 Å². The molecule has 0 spiro atoms. The van der Waals surface area contributed by atoms with Gasteiger partial charge in [-0.2, -0.15) is 5.10 Å². The van der Waals surface area contributed by atoms with E-state index in [1.807, 2.05) is 0 Å². The van der Waals surface area contributed by atoms with Crippen molar-refractivity contribution in [1.29, 1.82) is 0 Å². The van der Waals surface area contributed by atoms with Crippen LogP contribution in [0, 0.1) is 0 Å².